The maximum absolute atomic E-state index is 13.5. The molecule has 1 amide bonds. The summed E-state index contributed by atoms with van der Waals surface area (Å²) in [7, 11) is -3.12. The van der Waals surface area contributed by atoms with Crippen molar-refractivity contribution in [3.8, 4) is 5.75 Å². The first-order valence-electron chi connectivity index (χ1n) is 7.87. The lowest BCUT2D eigenvalue weighted by atomic mass is 10.1. The molecular formula is C18H19F2NO4S. The number of carbonyl (C=O) groups excluding carboxylic acids is 1. The molecule has 0 saturated heterocycles. The fraction of sp³-hybridized carbons (Fsp3) is 0.278. The van der Waals surface area contributed by atoms with E-state index in [0.29, 0.717) is 11.4 Å². The van der Waals surface area contributed by atoms with E-state index in [0.717, 1.165) is 24.5 Å². The van der Waals surface area contributed by atoms with Crippen molar-refractivity contribution in [2.24, 2.45) is 0 Å². The molecule has 1 N–H and O–H groups in total. The third-order valence-electron chi connectivity index (χ3n) is 3.47. The van der Waals surface area contributed by atoms with Crippen LogP contribution >= 0.6 is 0 Å². The zero-order chi connectivity index (χ0) is 19.2. The number of ether oxygens (including phenoxy) is 1. The highest BCUT2D eigenvalue weighted by molar-refractivity contribution is 7.90. The summed E-state index contributed by atoms with van der Waals surface area (Å²) in [5, 5.41) is 2.64. The van der Waals surface area contributed by atoms with Crippen LogP contribution in [0.5, 0.6) is 5.75 Å². The molecule has 0 aliphatic rings. The van der Waals surface area contributed by atoms with Crippen LogP contribution in [0, 0.1) is 11.6 Å². The number of anilines is 1. The number of hydrogen-bond acceptors (Lipinski definition) is 4. The molecule has 26 heavy (non-hydrogen) atoms. The van der Waals surface area contributed by atoms with Gasteiger partial charge in [0.15, 0.2) is 9.84 Å². The SMILES string of the molecule is CS(=O)(=O)CCOc1cccc(NC(=O)CCc2cc(F)ccc2F)c1. The minimum atomic E-state index is -3.12. The van der Waals surface area contributed by atoms with Crippen molar-refractivity contribution in [1.82, 2.24) is 0 Å². The van der Waals surface area contributed by atoms with Gasteiger partial charge in [-0.3, -0.25) is 4.79 Å². The predicted octanol–water partition coefficient (Wildman–Crippen LogP) is 2.96. The maximum Gasteiger partial charge on any atom is 0.224 e. The summed E-state index contributed by atoms with van der Waals surface area (Å²) in [5.74, 6) is -1.16. The third kappa shape index (κ3) is 6.79. The van der Waals surface area contributed by atoms with Gasteiger partial charge in [0.2, 0.25) is 5.91 Å². The molecule has 0 bridgehead atoms. The molecule has 0 fully saturated rings. The van der Waals surface area contributed by atoms with Crippen LogP contribution in [0.1, 0.15) is 12.0 Å². The van der Waals surface area contributed by atoms with Gasteiger partial charge in [0.25, 0.3) is 0 Å². The predicted molar refractivity (Wildman–Crippen MR) is 95.0 cm³/mol. The van der Waals surface area contributed by atoms with Crippen molar-refractivity contribution in [3.05, 3.63) is 59.7 Å². The van der Waals surface area contributed by atoms with Crippen molar-refractivity contribution in [2.45, 2.75) is 12.8 Å². The Morgan fingerprint density at radius 2 is 1.92 bits per heavy atom. The van der Waals surface area contributed by atoms with Gasteiger partial charge in [-0.1, -0.05) is 6.07 Å². The van der Waals surface area contributed by atoms with Gasteiger partial charge >= 0.3 is 0 Å². The fourth-order valence-corrected chi connectivity index (χ4v) is 2.57. The number of aryl methyl sites for hydroxylation is 1. The van der Waals surface area contributed by atoms with E-state index in [1.807, 2.05) is 0 Å². The smallest absolute Gasteiger partial charge is 0.224 e. The zero-order valence-electron chi connectivity index (χ0n) is 14.2. The third-order valence-corrected chi connectivity index (χ3v) is 4.38. The first kappa shape index (κ1) is 19.8. The second kappa shape index (κ2) is 8.75. The Morgan fingerprint density at radius 3 is 2.65 bits per heavy atom. The van der Waals surface area contributed by atoms with Gasteiger partial charge < -0.3 is 10.1 Å². The molecule has 0 aromatic heterocycles. The van der Waals surface area contributed by atoms with Gasteiger partial charge in [-0.15, -0.1) is 0 Å². The summed E-state index contributed by atoms with van der Waals surface area (Å²) in [6, 6.07) is 9.61. The average molecular weight is 383 g/mol. The Hall–Kier alpha value is -2.48. The molecule has 8 heteroatoms. The van der Waals surface area contributed by atoms with Crippen LogP contribution in [-0.2, 0) is 21.1 Å². The van der Waals surface area contributed by atoms with E-state index in [4.69, 9.17) is 4.74 Å². The van der Waals surface area contributed by atoms with E-state index < -0.39 is 21.5 Å². The fourth-order valence-electron chi connectivity index (χ4n) is 2.18. The van der Waals surface area contributed by atoms with Crippen molar-refractivity contribution >= 4 is 21.4 Å². The summed E-state index contributed by atoms with van der Waals surface area (Å²) in [6.45, 7) is 0.00901. The monoisotopic (exact) mass is 383 g/mol. The molecule has 2 aromatic carbocycles. The molecule has 2 rings (SSSR count). The van der Waals surface area contributed by atoms with Crippen molar-refractivity contribution in [2.75, 3.05) is 23.9 Å². The van der Waals surface area contributed by atoms with Crippen molar-refractivity contribution in [3.63, 3.8) is 0 Å². The summed E-state index contributed by atoms with van der Waals surface area (Å²) in [4.78, 5) is 12.0. The average Bonchev–Trinajstić information content (AvgIpc) is 2.55. The number of sulfone groups is 1. The standard InChI is InChI=1S/C18H19F2NO4S/c1-26(23,24)10-9-25-16-4-2-3-15(12-16)21-18(22)8-5-13-11-14(19)6-7-17(13)20/h2-4,6-7,11-12H,5,8-10H2,1H3,(H,21,22). The van der Waals surface area contributed by atoms with Crippen LogP contribution in [-0.4, -0.2) is 32.9 Å². The number of hydrogen-bond donors (Lipinski definition) is 1. The Bertz CT molecular complexity index is 885. The molecule has 5 nitrogen and oxygen atoms in total. The minimum Gasteiger partial charge on any atom is -0.492 e. The summed E-state index contributed by atoms with van der Waals surface area (Å²) in [6.07, 6.45) is 1.17. The molecule has 0 atom stereocenters. The van der Waals surface area contributed by atoms with Crippen molar-refractivity contribution in [1.29, 1.82) is 0 Å². The zero-order valence-corrected chi connectivity index (χ0v) is 15.0. The van der Waals surface area contributed by atoms with Gasteiger partial charge in [-0.05, 0) is 42.3 Å². The molecule has 0 saturated carbocycles. The van der Waals surface area contributed by atoms with Crippen LogP contribution in [0.4, 0.5) is 14.5 Å². The van der Waals surface area contributed by atoms with Crippen LogP contribution in [0.15, 0.2) is 42.5 Å². The van der Waals surface area contributed by atoms with Crippen LogP contribution < -0.4 is 10.1 Å². The molecule has 0 heterocycles. The van der Waals surface area contributed by atoms with Gasteiger partial charge in [0.05, 0.1) is 5.75 Å². The molecule has 0 aliphatic carbocycles. The lowest BCUT2D eigenvalue weighted by Gasteiger charge is -2.09. The highest BCUT2D eigenvalue weighted by Gasteiger charge is 2.09. The Morgan fingerprint density at radius 1 is 1.15 bits per heavy atom. The van der Waals surface area contributed by atoms with Crippen LogP contribution in [0.25, 0.3) is 0 Å². The van der Waals surface area contributed by atoms with Crippen LogP contribution in [0.2, 0.25) is 0 Å². The van der Waals surface area contributed by atoms with E-state index in [1.54, 1.807) is 24.3 Å². The lowest BCUT2D eigenvalue weighted by Crippen LogP contribution is -2.14. The molecule has 0 radical (unpaired) electrons. The Labute approximate surface area is 150 Å². The number of halogens is 2. The normalized spacial score (nSPS) is 11.2. The number of amides is 1. The summed E-state index contributed by atoms with van der Waals surface area (Å²) >= 11 is 0. The summed E-state index contributed by atoms with van der Waals surface area (Å²) < 4.78 is 54.2. The highest BCUT2D eigenvalue weighted by Crippen LogP contribution is 2.18. The van der Waals surface area contributed by atoms with Gasteiger partial charge in [0.1, 0.15) is 24.0 Å². The summed E-state index contributed by atoms with van der Waals surface area (Å²) in [5.41, 5.74) is 0.601. The van der Waals surface area contributed by atoms with E-state index in [-0.39, 0.29) is 36.7 Å². The van der Waals surface area contributed by atoms with E-state index in [1.165, 1.54) is 0 Å². The maximum atomic E-state index is 13.5. The van der Waals surface area contributed by atoms with Gasteiger partial charge in [-0.25, -0.2) is 17.2 Å². The largest absolute Gasteiger partial charge is 0.492 e. The minimum absolute atomic E-state index is 0.00901. The lowest BCUT2D eigenvalue weighted by molar-refractivity contribution is -0.116. The van der Waals surface area contributed by atoms with E-state index >= 15 is 0 Å². The quantitative estimate of drug-likeness (QED) is 0.761. The van der Waals surface area contributed by atoms with Crippen LogP contribution in [0.3, 0.4) is 0 Å². The first-order valence-corrected chi connectivity index (χ1v) is 9.93. The highest BCUT2D eigenvalue weighted by atomic mass is 32.2. The van der Waals surface area contributed by atoms with E-state index in [9.17, 15) is 22.0 Å². The number of rotatable bonds is 8. The first-order chi connectivity index (χ1) is 12.2. The molecule has 0 aliphatic heterocycles. The van der Waals surface area contributed by atoms with Crippen molar-refractivity contribution < 1.29 is 26.7 Å². The van der Waals surface area contributed by atoms with E-state index in [2.05, 4.69) is 5.32 Å². The number of carbonyl (C=O) groups is 1. The Kier molecular flexibility index (Phi) is 6.68. The molecule has 140 valence electrons. The second-order valence-electron chi connectivity index (χ2n) is 5.79. The molecular weight excluding hydrogens is 364 g/mol. The number of nitrogens with one attached hydrogen (secondary N) is 1. The molecule has 2 aromatic rings. The topological polar surface area (TPSA) is 72.5 Å². The van der Waals surface area contributed by atoms with Gasteiger partial charge in [0, 0.05) is 24.4 Å². The second-order valence-corrected chi connectivity index (χ2v) is 8.05. The molecule has 0 unspecified atom stereocenters. The van der Waals surface area contributed by atoms with Gasteiger partial charge in [-0.2, -0.15) is 0 Å². The molecule has 0 spiro atoms. The number of benzene rings is 2. The Balaban J connectivity index is 1.88.